The molecule has 3 aliphatic rings. The lowest BCUT2D eigenvalue weighted by Crippen LogP contribution is -2.53. The molecule has 0 radical (unpaired) electrons. The highest BCUT2D eigenvalue weighted by molar-refractivity contribution is 5.79. The first-order valence-electron chi connectivity index (χ1n) is 10.7. The molecular formula is C20H36N4O2. The molecule has 0 saturated carbocycles. The Labute approximate surface area is 158 Å². The molecule has 0 aromatic carbocycles. The molecule has 3 rings (SSSR count). The van der Waals surface area contributed by atoms with Crippen LogP contribution in [0.1, 0.15) is 51.9 Å². The van der Waals surface area contributed by atoms with Gasteiger partial charge in [0, 0.05) is 51.9 Å². The van der Waals surface area contributed by atoms with E-state index in [9.17, 15) is 9.59 Å². The fourth-order valence-corrected chi connectivity index (χ4v) is 4.47. The molecule has 0 aromatic heterocycles. The van der Waals surface area contributed by atoms with Crippen LogP contribution in [0.4, 0.5) is 0 Å². The molecule has 1 atom stereocenters. The van der Waals surface area contributed by atoms with E-state index in [1.165, 1.54) is 19.3 Å². The van der Waals surface area contributed by atoms with Crippen molar-refractivity contribution in [3.8, 4) is 0 Å². The van der Waals surface area contributed by atoms with Crippen LogP contribution in [-0.2, 0) is 9.59 Å². The molecule has 148 valence electrons. The highest BCUT2D eigenvalue weighted by atomic mass is 16.2. The van der Waals surface area contributed by atoms with Crippen LogP contribution >= 0.6 is 0 Å². The molecule has 0 bridgehead atoms. The maximum atomic E-state index is 12.6. The molecule has 3 saturated heterocycles. The van der Waals surface area contributed by atoms with E-state index in [0.29, 0.717) is 25.0 Å². The van der Waals surface area contributed by atoms with Crippen molar-refractivity contribution < 1.29 is 9.59 Å². The number of likely N-dealkylation sites (tertiary alicyclic amines) is 2. The Morgan fingerprint density at radius 2 is 1.23 bits per heavy atom. The van der Waals surface area contributed by atoms with Gasteiger partial charge in [0.05, 0.1) is 13.1 Å². The van der Waals surface area contributed by atoms with Crippen molar-refractivity contribution in [1.82, 2.24) is 19.6 Å². The first-order valence-corrected chi connectivity index (χ1v) is 10.7. The summed E-state index contributed by atoms with van der Waals surface area (Å²) in [5.41, 5.74) is 0. The van der Waals surface area contributed by atoms with E-state index in [4.69, 9.17) is 0 Å². The van der Waals surface area contributed by atoms with E-state index < -0.39 is 0 Å². The highest BCUT2D eigenvalue weighted by Crippen LogP contribution is 2.17. The Kier molecular flexibility index (Phi) is 7.32. The van der Waals surface area contributed by atoms with Crippen molar-refractivity contribution in [3.63, 3.8) is 0 Å². The lowest BCUT2D eigenvalue weighted by molar-refractivity contribution is -0.137. The molecule has 3 aliphatic heterocycles. The second kappa shape index (κ2) is 9.70. The summed E-state index contributed by atoms with van der Waals surface area (Å²) in [5, 5.41) is 0. The number of piperazine rings is 1. The smallest absolute Gasteiger partial charge is 0.236 e. The summed E-state index contributed by atoms with van der Waals surface area (Å²) >= 11 is 0. The molecule has 0 aliphatic carbocycles. The maximum absolute atomic E-state index is 12.6. The lowest BCUT2D eigenvalue weighted by atomic mass is 10.0. The third kappa shape index (κ3) is 5.43. The minimum atomic E-state index is 0.284. The molecule has 3 fully saturated rings. The number of amides is 2. The van der Waals surface area contributed by atoms with Crippen LogP contribution in [-0.4, -0.2) is 96.4 Å². The minimum absolute atomic E-state index is 0.284. The van der Waals surface area contributed by atoms with Gasteiger partial charge in [0.25, 0.3) is 0 Å². The third-order valence-electron chi connectivity index (χ3n) is 6.26. The Morgan fingerprint density at radius 3 is 1.81 bits per heavy atom. The normalized spacial score (nSPS) is 26.6. The number of hydrogen-bond acceptors (Lipinski definition) is 4. The van der Waals surface area contributed by atoms with Crippen molar-refractivity contribution >= 4 is 11.8 Å². The molecule has 0 N–H and O–H groups in total. The summed E-state index contributed by atoms with van der Waals surface area (Å²) in [6.07, 6.45) is 8.33. The number of carbonyl (C=O) groups excluding carboxylic acids is 2. The fourth-order valence-electron chi connectivity index (χ4n) is 4.47. The summed E-state index contributed by atoms with van der Waals surface area (Å²) < 4.78 is 0. The summed E-state index contributed by atoms with van der Waals surface area (Å²) in [6, 6.07) is 0.392. The van der Waals surface area contributed by atoms with Crippen LogP contribution in [0.25, 0.3) is 0 Å². The third-order valence-corrected chi connectivity index (χ3v) is 6.26. The second-order valence-corrected chi connectivity index (χ2v) is 8.28. The predicted octanol–water partition coefficient (Wildman–Crippen LogP) is 1.41. The zero-order valence-corrected chi connectivity index (χ0v) is 16.5. The predicted molar refractivity (Wildman–Crippen MR) is 103 cm³/mol. The molecule has 1 unspecified atom stereocenters. The van der Waals surface area contributed by atoms with Gasteiger partial charge in [-0.2, -0.15) is 0 Å². The first-order chi connectivity index (χ1) is 12.6. The van der Waals surface area contributed by atoms with Gasteiger partial charge in [-0.05, 0) is 39.0 Å². The van der Waals surface area contributed by atoms with Crippen molar-refractivity contribution in [3.05, 3.63) is 0 Å². The van der Waals surface area contributed by atoms with Crippen LogP contribution in [0.15, 0.2) is 0 Å². The number of nitrogens with zero attached hydrogens (tertiary/aromatic N) is 4. The largest absolute Gasteiger partial charge is 0.342 e. The van der Waals surface area contributed by atoms with E-state index in [1.54, 1.807) is 0 Å². The van der Waals surface area contributed by atoms with E-state index in [2.05, 4.69) is 26.5 Å². The van der Waals surface area contributed by atoms with Gasteiger partial charge in [0.15, 0.2) is 0 Å². The highest BCUT2D eigenvalue weighted by Gasteiger charge is 2.27. The Morgan fingerprint density at radius 1 is 0.692 bits per heavy atom. The molecule has 6 nitrogen and oxygen atoms in total. The second-order valence-electron chi connectivity index (χ2n) is 8.28. The van der Waals surface area contributed by atoms with Gasteiger partial charge in [-0.25, -0.2) is 0 Å². The number of rotatable bonds is 4. The topological polar surface area (TPSA) is 47.1 Å². The van der Waals surface area contributed by atoms with Gasteiger partial charge in [0.2, 0.25) is 11.8 Å². The standard InChI is InChI=1S/C20H36N4O2/c1-18-8-4-7-11-24(18)20(26)17-22-14-12-21(13-15-22)16-19(25)23-9-5-2-3-6-10-23/h18H,2-17H2,1H3. The Hall–Kier alpha value is -1.14. The SMILES string of the molecule is CC1CCCCN1C(=O)CN1CCN(CC(=O)N2CCCCCC2)CC1. The summed E-state index contributed by atoms with van der Waals surface area (Å²) in [5.74, 6) is 0.574. The van der Waals surface area contributed by atoms with Crippen LogP contribution in [0.3, 0.4) is 0 Å². The van der Waals surface area contributed by atoms with Gasteiger partial charge in [0.1, 0.15) is 0 Å². The van der Waals surface area contributed by atoms with E-state index in [0.717, 1.165) is 71.5 Å². The molecule has 0 spiro atoms. The zero-order chi connectivity index (χ0) is 18.4. The average Bonchev–Trinajstić information content (AvgIpc) is 2.93. The molecule has 0 aromatic rings. The molecule has 6 heteroatoms. The van der Waals surface area contributed by atoms with Gasteiger partial charge in [-0.3, -0.25) is 19.4 Å². The Balaban J connectivity index is 1.38. The van der Waals surface area contributed by atoms with Gasteiger partial charge < -0.3 is 9.80 Å². The van der Waals surface area contributed by atoms with Gasteiger partial charge in [-0.1, -0.05) is 12.8 Å². The van der Waals surface area contributed by atoms with E-state index in [-0.39, 0.29) is 5.91 Å². The van der Waals surface area contributed by atoms with Crippen LogP contribution in [0, 0.1) is 0 Å². The van der Waals surface area contributed by atoms with Crippen LogP contribution in [0.2, 0.25) is 0 Å². The maximum Gasteiger partial charge on any atom is 0.236 e. The number of piperidine rings is 1. The zero-order valence-electron chi connectivity index (χ0n) is 16.5. The molecule has 26 heavy (non-hydrogen) atoms. The van der Waals surface area contributed by atoms with Gasteiger partial charge >= 0.3 is 0 Å². The van der Waals surface area contributed by atoms with Crippen molar-refractivity contribution in [2.45, 2.75) is 57.9 Å². The molecule has 2 amide bonds. The van der Waals surface area contributed by atoms with Crippen molar-refractivity contribution in [2.24, 2.45) is 0 Å². The average molecular weight is 365 g/mol. The minimum Gasteiger partial charge on any atom is -0.342 e. The summed E-state index contributed by atoms with van der Waals surface area (Å²) in [7, 11) is 0. The van der Waals surface area contributed by atoms with E-state index >= 15 is 0 Å². The van der Waals surface area contributed by atoms with Crippen molar-refractivity contribution in [2.75, 3.05) is 58.9 Å². The first kappa shape index (κ1) is 19.6. The number of hydrogen-bond donors (Lipinski definition) is 0. The van der Waals surface area contributed by atoms with Gasteiger partial charge in [-0.15, -0.1) is 0 Å². The van der Waals surface area contributed by atoms with Crippen molar-refractivity contribution in [1.29, 1.82) is 0 Å². The summed E-state index contributed by atoms with van der Waals surface area (Å²) in [4.78, 5) is 33.8. The van der Waals surface area contributed by atoms with Crippen LogP contribution in [0.5, 0.6) is 0 Å². The molecule has 3 heterocycles. The summed E-state index contributed by atoms with van der Waals surface area (Å²) in [6.45, 7) is 9.60. The van der Waals surface area contributed by atoms with E-state index in [1.807, 2.05) is 0 Å². The fraction of sp³-hybridized carbons (Fsp3) is 0.900. The quantitative estimate of drug-likeness (QED) is 0.757. The Bertz CT molecular complexity index is 468. The monoisotopic (exact) mass is 364 g/mol. The van der Waals surface area contributed by atoms with Crippen LogP contribution < -0.4 is 0 Å². The lowest BCUT2D eigenvalue weighted by Gasteiger charge is -2.38. The molecular weight excluding hydrogens is 328 g/mol. The number of carbonyl (C=O) groups is 2.